The average molecular weight is 455 g/mol. The lowest BCUT2D eigenvalue weighted by Crippen LogP contribution is -2.36. The molecular formula is C18H14BrClFN3O3. The molecule has 0 bridgehead atoms. The summed E-state index contributed by atoms with van der Waals surface area (Å²) in [5.41, 5.74) is 0.791. The molecule has 0 unspecified atom stereocenters. The van der Waals surface area contributed by atoms with Crippen molar-refractivity contribution in [3.63, 3.8) is 0 Å². The van der Waals surface area contributed by atoms with E-state index in [1.165, 1.54) is 27.7 Å². The maximum Gasteiger partial charge on any atom is 0.274 e. The van der Waals surface area contributed by atoms with E-state index in [2.05, 4.69) is 15.9 Å². The molecule has 0 atom stereocenters. The maximum absolute atomic E-state index is 13.4. The van der Waals surface area contributed by atoms with Crippen LogP contribution in [0.1, 0.15) is 16.1 Å². The Labute approximate surface area is 166 Å². The number of carbonyl (C=O) groups is 1. The van der Waals surface area contributed by atoms with Crippen molar-refractivity contribution in [2.75, 3.05) is 13.6 Å². The van der Waals surface area contributed by atoms with Crippen molar-refractivity contribution in [1.29, 1.82) is 0 Å². The van der Waals surface area contributed by atoms with Crippen LogP contribution in [0.2, 0.25) is 5.02 Å². The fraction of sp³-hybridized carbons (Fsp3) is 0.222. The molecule has 3 heterocycles. The molecular weight excluding hydrogens is 441 g/mol. The highest BCUT2D eigenvalue weighted by atomic mass is 79.9. The minimum absolute atomic E-state index is 0.0310. The second-order valence-electron chi connectivity index (χ2n) is 6.46. The SMILES string of the molecule is CN1CCn2c(c(O)c3c(=O)n(Cc4ccc(F)c(Cl)c4)cc(Br)c32)C1=O. The third-order valence-electron chi connectivity index (χ3n) is 4.75. The number of likely N-dealkylation sites (N-methyl/N-ethyl adjacent to an activating group) is 1. The minimum Gasteiger partial charge on any atom is -0.505 e. The van der Waals surface area contributed by atoms with Crippen LogP contribution in [0.5, 0.6) is 5.75 Å². The van der Waals surface area contributed by atoms with Crippen molar-refractivity contribution < 1.29 is 14.3 Å². The van der Waals surface area contributed by atoms with Crippen molar-refractivity contribution in [3.8, 4) is 5.75 Å². The lowest BCUT2D eigenvalue weighted by atomic mass is 10.2. The molecule has 0 aliphatic carbocycles. The number of halogens is 3. The molecule has 0 saturated heterocycles. The first kappa shape index (κ1) is 18.1. The molecule has 1 aromatic carbocycles. The molecule has 0 fully saturated rings. The van der Waals surface area contributed by atoms with Crippen LogP contribution in [-0.4, -0.2) is 38.6 Å². The average Bonchev–Trinajstić information content (AvgIpc) is 2.93. The number of pyridine rings is 1. The normalized spacial score (nSPS) is 14.1. The van der Waals surface area contributed by atoms with Gasteiger partial charge in [-0.05, 0) is 33.6 Å². The summed E-state index contributed by atoms with van der Waals surface area (Å²) in [5.74, 6) is -1.19. The van der Waals surface area contributed by atoms with E-state index in [1.54, 1.807) is 17.8 Å². The zero-order chi connectivity index (χ0) is 19.5. The zero-order valence-corrected chi connectivity index (χ0v) is 16.5. The van der Waals surface area contributed by atoms with Gasteiger partial charge in [0.15, 0.2) is 11.4 Å². The van der Waals surface area contributed by atoms with Crippen LogP contribution < -0.4 is 5.56 Å². The molecule has 1 aliphatic rings. The summed E-state index contributed by atoms with van der Waals surface area (Å²) in [7, 11) is 1.65. The van der Waals surface area contributed by atoms with E-state index in [1.807, 2.05) is 0 Å². The van der Waals surface area contributed by atoms with E-state index in [0.29, 0.717) is 28.6 Å². The van der Waals surface area contributed by atoms with Gasteiger partial charge in [0.05, 0.1) is 21.6 Å². The number of nitrogens with zero attached hydrogens (tertiary/aromatic N) is 3. The Morgan fingerprint density at radius 1 is 1.30 bits per heavy atom. The molecule has 1 amide bonds. The third kappa shape index (κ3) is 2.74. The highest BCUT2D eigenvalue weighted by Gasteiger charge is 2.31. The van der Waals surface area contributed by atoms with Gasteiger partial charge in [0.1, 0.15) is 11.2 Å². The van der Waals surface area contributed by atoms with Crippen molar-refractivity contribution in [2.45, 2.75) is 13.1 Å². The van der Waals surface area contributed by atoms with Gasteiger partial charge < -0.3 is 19.1 Å². The van der Waals surface area contributed by atoms with Crippen molar-refractivity contribution in [2.24, 2.45) is 0 Å². The van der Waals surface area contributed by atoms with Gasteiger partial charge in [-0.15, -0.1) is 0 Å². The van der Waals surface area contributed by atoms with Crippen LogP contribution in [0, 0.1) is 5.82 Å². The first-order valence-electron chi connectivity index (χ1n) is 8.13. The number of fused-ring (bicyclic) bond motifs is 3. The summed E-state index contributed by atoms with van der Waals surface area (Å²) in [6, 6.07) is 4.22. The monoisotopic (exact) mass is 453 g/mol. The number of carbonyl (C=O) groups excluding carboxylic acids is 1. The minimum atomic E-state index is -0.537. The fourth-order valence-corrected chi connectivity index (χ4v) is 4.24. The summed E-state index contributed by atoms with van der Waals surface area (Å²) in [6.07, 6.45) is 1.59. The molecule has 0 saturated carbocycles. The van der Waals surface area contributed by atoms with Gasteiger partial charge in [-0.1, -0.05) is 17.7 Å². The van der Waals surface area contributed by atoms with Gasteiger partial charge in [-0.2, -0.15) is 0 Å². The predicted molar refractivity (Wildman–Crippen MR) is 103 cm³/mol. The van der Waals surface area contributed by atoms with E-state index < -0.39 is 11.4 Å². The molecule has 3 aromatic rings. The summed E-state index contributed by atoms with van der Waals surface area (Å²) >= 11 is 9.26. The smallest absolute Gasteiger partial charge is 0.274 e. The quantitative estimate of drug-likeness (QED) is 0.647. The lowest BCUT2D eigenvalue weighted by molar-refractivity contribution is 0.0747. The fourth-order valence-electron chi connectivity index (χ4n) is 3.38. The molecule has 0 radical (unpaired) electrons. The number of amides is 1. The second kappa shape index (κ2) is 6.38. The first-order valence-corrected chi connectivity index (χ1v) is 9.30. The third-order valence-corrected chi connectivity index (χ3v) is 5.62. The van der Waals surface area contributed by atoms with Crippen LogP contribution in [0.15, 0.2) is 33.7 Å². The number of rotatable bonds is 2. The zero-order valence-electron chi connectivity index (χ0n) is 14.2. The molecule has 6 nitrogen and oxygen atoms in total. The van der Waals surface area contributed by atoms with Crippen LogP contribution >= 0.6 is 27.5 Å². The summed E-state index contributed by atoms with van der Waals surface area (Å²) in [5, 5.41) is 10.7. The van der Waals surface area contributed by atoms with E-state index >= 15 is 0 Å². The maximum atomic E-state index is 13.4. The van der Waals surface area contributed by atoms with Gasteiger partial charge in [0.25, 0.3) is 11.5 Å². The number of benzene rings is 1. The molecule has 27 heavy (non-hydrogen) atoms. The standard InChI is InChI=1S/C18H14BrClFN3O3/c1-22-4-5-24-14-10(19)8-23(7-9-2-3-12(21)11(20)6-9)17(26)13(14)16(25)15(24)18(22)27/h2-3,6,8,25H,4-5,7H2,1H3. The van der Waals surface area contributed by atoms with Crippen LogP contribution in [0.3, 0.4) is 0 Å². The summed E-state index contributed by atoms with van der Waals surface area (Å²) < 4.78 is 17.0. The Hall–Kier alpha value is -2.32. The van der Waals surface area contributed by atoms with Gasteiger partial charge in [-0.3, -0.25) is 9.59 Å². The molecule has 2 aromatic heterocycles. The van der Waals surface area contributed by atoms with Gasteiger partial charge in [0.2, 0.25) is 0 Å². The van der Waals surface area contributed by atoms with Crippen LogP contribution in [0.25, 0.3) is 10.9 Å². The Balaban J connectivity index is 1.91. The predicted octanol–water partition coefficient (Wildman–Crippen LogP) is 3.20. The van der Waals surface area contributed by atoms with Crippen LogP contribution in [-0.2, 0) is 13.1 Å². The number of hydrogen-bond donors (Lipinski definition) is 1. The Morgan fingerprint density at radius 3 is 2.74 bits per heavy atom. The molecule has 1 N–H and O–H groups in total. The van der Waals surface area contributed by atoms with Crippen molar-refractivity contribution in [1.82, 2.24) is 14.0 Å². The van der Waals surface area contributed by atoms with Gasteiger partial charge >= 0.3 is 0 Å². The molecule has 9 heteroatoms. The number of aromatic nitrogens is 2. The highest BCUT2D eigenvalue weighted by molar-refractivity contribution is 9.10. The van der Waals surface area contributed by atoms with Gasteiger partial charge in [0, 0.05) is 26.3 Å². The van der Waals surface area contributed by atoms with E-state index in [4.69, 9.17) is 11.6 Å². The van der Waals surface area contributed by atoms with E-state index in [0.717, 1.165) is 0 Å². The topological polar surface area (TPSA) is 67.5 Å². The van der Waals surface area contributed by atoms with Crippen molar-refractivity contribution in [3.05, 3.63) is 61.3 Å². The lowest BCUT2D eigenvalue weighted by Gasteiger charge is -2.25. The summed E-state index contributed by atoms with van der Waals surface area (Å²) in [6.45, 7) is 1.10. The first-order chi connectivity index (χ1) is 12.8. The second-order valence-corrected chi connectivity index (χ2v) is 7.72. The van der Waals surface area contributed by atoms with Crippen molar-refractivity contribution >= 4 is 44.3 Å². The van der Waals surface area contributed by atoms with E-state index in [-0.39, 0.29) is 34.3 Å². The molecule has 1 aliphatic heterocycles. The number of hydrogen-bond acceptors (Lipinski definition) is 3. The van der Waals surface area contributed by atoms with Crippen LogP contribution in [0.4, 0.5) is 4.39 Å². The summed E-state index contributed by atoms with van der Waals surface area (Å²) in [4.78, 5) is 26.9. The van der Waals surface area contributed by atoms with E-state index in [9.17, 15) is 19.1 Å². The molecule has 4 rings (SSSR count). The number of aromatic hydroxyl groups is 1. The van der Waals surface area contributed by atoms with Gasteiger partial charge in [-0.25, -0.2) is 4.39 Å². The largest absolute Gasteiger partial charge is 0.505 e. The molecule has 0 spiro atoms. The Bertz CT molecular complexity index is 1170. The molecule has 140 valence electrons. The highest BCUT2D eigenvalue weighted by Crippen LogP contribution is 2.36. The Morgan fingerprint density at radius 2 is 2.04 bits per heavy atom. The Kier molecular flexibility index (Phi) is 4.27.